The lowest BCUT2D eigenvalue weighted by atomic mass is 10.2. The van der Waals surface area contributed by atoms with E-state index in [9.17, 15) is 4.79 Å². The molecule has 0 spiro atoms. The number of H-pyrrole nitrogens is 1. The third-order valence-electron chi connectivity index (χ3n) is 5.14. The molecule has 30 heavy (non-hydrogen) atoms. The Morgan fingerprint density at radius 1 is 1.07 bits per heavy atom. The summed E-state index contributed by atoms with van der Waals surface area (Å²) in [5.74, 6) is 2.99. The van der Waals surface area contributed by atoms with E-state index in [2.05, 4.69) is 47.0 Å². The average molecular weight is 427 g/mol. The zero-order valence-corrected chi connectivity index (χ0v) is 18.1. The molecule has 10 heteroatoms. The van der Waals surface area contributed by atoms with Crippen LogP contribution in [0.3, 0.4) is 0 Å². The molecule has 0 unspecified atom stereocenters. The number of carbonyl (C=O) groups excluding carboxylic acids is 1. The normalized spacial score (nSPS) is 14.9. The minimum Gasteiger partial charge on any atom is -0.339 e. The first-order valence-corrected chi connectivity index (χ1v) is 11.0. The van der Waals surface area contributed by atoms with Crippen LogP contribution in [0.25, 0.3) is 0 Å². The first-order valence-electron chi connectivity index (χ1n) is 10.0. The second-order valence-electron chi connectivity index (χ2n) is 7.38. The Labute approximate surface area is 179 Å². The molecule has 0 atom stereocenters. The van der Waals surface area contributed by atoms with Gasteiger partial charge in [0.15, 0.2) is 11.0 Å². The third kappa shape index (κ3) is 5.06. The van der Waals surface area contributed by atoms with Gasteiger partial charge in [-0.15, -0.1) is 10.2 Å². The molecule has 0 radical (unpaired) electrons. The van der Waals surface area contributed by atoms with Crippen LogP contribution in [0.4, 0.5) is 0 Å². The molecule has 1 fully saturated rings. The number of rotatable bonds is 7. The topological polar surface area (TPSA) is 95.8 Å². The van der Waals surface area contributed by atoms with Crippen molar-refractivity contribution in [3.8, 4) is 0 Å². The highest BCUT2D eigenvalue weighted by Crippen LogP contribution is 2.19. The molecule has 1 aliphatic heterocycles. The molecule has 1 saturated heterocycles. The van der Waals surface area contributed by atoms with Crippen LogP contribution >= 0.6 is 11.8 Å². The van der Waals surface area contributed by atoms with Crippen molar-refractivity contribution in [1.82, 2.24) is 39.7 Å². The van der Waals surface area contributed by atoms with E-state index in [1.807, 2.05) is 36.9 Å². The summed E-state index contributed by atoms with van der Waals surface area (Å²) in [4.78, 5) is 21.3. The van der Waals surface area contributed by atoms with Crippen LogP contribution in [0.5, 0.6) is 0 Å². The van der Waals surface area contributed by atoms with Crippen molar-refractivity contribution in [1.29, 1.82) is 0 Å². The maximum absolute atomic E-state index is 12.7. The smallest absolute Gasteiger partial charge is 0.233 e. The van der Waals surface area contributed by atoms with E-state index in [4.69, 9.17) is 0 Å². The number of benzene rings is 1. The zero-order valence-electron chi connectivity index (χ0n) is 17.3. The summed E-state index contributed by atoms with van der Waals surface area (Å²) in [6.07, 6.45) is 0. The molecular formula is C20H26N8OS. The van der Waals surface area contributed by atoms with Crippen LogP contribution in [-0.2, 0) is 17.9 Å². The summed E-state index contributed by atoms with van der Waals surface area (Å²) in [5, 5.41) is 16.3. The Kier molecular flexibility index (Phi) is 6.44. The van der Waals surface area contributed by atoms with Gasteiger partial charge in [-0.2, -0.15) is 5.10 Å². The Bertz CT molecular complexity index is 978. The van der Waals surface area contributed by atoms with Gasteiger partial charge in [-0.3, -0.25) is 14.8 Å². The van der Waals surface area contributed by atoms with Crippen molar-refractivity contribution >= 4 is 17.7 Å². The molecule has 2 aromatic heterocycles. The van der Waals surface area contributed by atoms with Crippen LogP contribution < -0.4 is 0 Å². The Morgan fingerprint density at radius 3 is 2.53 bits per heavy atom. The summed E-state index contributed by atoms with van der Waals surface area (Å²) in [7, 11) is 0. The van der Waals surface area contributed by atoms with Gasteiger partial charge in [-0.05, 0) is 19.4 Å². The van der Waals surface area contributed by atoms with Crippen molar-refractivity contribution in [2.75, 3.05) is 31.9 Å². The van der Waals surface area contributed by atoms with Crippen molar-refractivity contribution < 1.29 is 4.79 Å². The quantitative estimate of drug-likeness (QED) is 0.572. The average Bonchev–Trinajstić information content (AvgIpc) is 3.33. The number of hydrogen-bond acceptors (Lipinski definition) is 7. The lowest BCUT2D eigenvalue weighted by Gasteiger charge is -2.34. The largest absolute Gasteiger partial charge is 0.339 e. The zero-order chi connectivity index (χ0) is 20.9. The molecule has 4 rings (SSSR count). The summed E-state index contributed by atoms with van der Waals surface area (Å²) >= 11 is 1.46. The van der Waals surface area contributed by atoms with Crippen LogP contribution in [0.2, 0.25) is 0 Å². The van der Waals surface area contributed by atoms with Crippen molar-refractivity contribution in [3.05, 3.63) is 53.4 Å². The fourth-order valence-electron chi connectivity index (χ4n) is 3.45. The number of carbonyl (C=O) groups is 1. The third-order valence-corrected chi connectivity index (χ3v) is 6.10. The first-order chi connectivity index (χ1) is 14.6. The standard InChI is InChI=1S/C20H26N8OS/c1-15-21-18(24-22-15)13-26-8-10-27(11-9-26)19(29)14-30-20-25-23-16(2)28(20)12-17-6-4-3-5-7-17/h3-7H,8-14H2,1-2H3,(H,21,22,24). The number of nitrogens with zero attached hydrogens (tertiary/aromatic N) is 7. The monoisotopic (exact) mass is 426 g/mol. The second kappa shape index (κ2) is 9.40. The lowest BCUT2D eigenvalue weighted by molar-refractivity contribution is -0.130. The summed E-state index contributed by atoms with van der Waals surface area (Å²) in [6, 6.07) is 10.2. The minimum atomic E-state index is 0.139. The lowest BCUT2D eigenvalue weighted by Crippen LogP contribution is -2.48. The van der Waals surface area contributed by atoms with Crippen LogP contribution in [0.15, 0.2) is 35.5 Å². The molecule has 1 amide bonds. The van der Waals surface area contributed by atoms with E-state index in [0.29, 0.717) is 18.8 Å². The molecule has 3 aromatic rings. The number of aromatic amines is 1. The van der Waals surface area contributed by atoms with E-state index < -0.39 is 0 Å². The van der Waals surface area contributed by atoms with Crippen molar-refractivity contribution in [2.24, 2.45) is 0 Å². The van der Waals surface area contributed by atoms with Crippen LogP contribution in [0, 0.1) is 13.8 Å². The molecule has 0 bridgehead atoms. The molecular weight excluding hydrogens is 400 g/mol. The van der Waals surface area contributed by atoms with Gasteiger partial charge in [-0.1, -0.05) is 42.1 Å². The van der Waals surface area contributed by atoms with E-state index in [0.717, 1.165) is 48.8 Å². The highest BCUT2D eigenvalue weighted by Gasteiger charge is 2.23. The van der Waals surface area contributed by atoms with Crippen LogP contribution in [0.1, 0.15) is 23.0 Å². The van der Waals surface area contributed by atoms with Gasteiger partial charge in [0.1, 0.15) is 11.6 Å². The maximum Gasteiger partial charge on any atom is 0.233 e. The molecule has 1 N–H and O–H groups in total. The molecule has 1 aromatic carbocycles. The molecule has 1 aliphatic rings. The molecule has 0 saturated carbocycles. The molecule has 3 heterocycles. The van der Waals surface area contributed by atoms with Gasteiger partial charge < -0.3 is 9.47 Å². The molecule has 9 nitrogen and oxygen atoms in total. The van der Waals surface area contributed by atoms with Crippen molar-refractivity contribution in [3.63, 3.8) is 0 Å². The van der Waals surface area contributed by atoms with Gasteiger partial charge >= 0.3 is 0 Å². The number of aryl methyl sites for hydroxylation is 2. The Hall–Kier alpha value is -2.72. The van der Waals surface area contributed by atoms with Crippen molar-refractivity contribution in [2.45, 2.75) is 32.1 Å². The predicted octanol–water partition coefficient (Wildman–Crippen LogP) is 1.50. The SMILES string of the molecule is Cc1nc(CN2CCN(C(=O)CSc3nnc(C)n3Cc3ccccc3)CC2)n[nH]1. The highest BCUT2D eigenvalue weighted by molar-refractivity contribution is 7.99. The van der Waals surface area contributed by atoms with E-state index in [1.165, 1.54) is 17.3 Å². The Balaban J connectivity index is 1.27. The predicted molar refractivity (Wildman–Crippen MR) is 114 cm³/mol. The fraction of sp³-hybridized carbons (Fsp3) is 0.450. The second-order valence-corrected chi connectivity index (χ2v) is 8.33. The van der Waals surface area contributed by atoms with Gasteiger partial charge in [0.2, 0.25) is 5.91 Å². The van der Waals surface area contributed by atoms with Gasteiger partial charge in [0.05, 0.1) is 18.8 Å². The van der Waals surface area contributed by atoms with Gasteiger partial charge in [-0.25, -0.2) is 4.98 Å². The van der Waals surface area contributed by atoms with E-state index >= 15 is 0 Å². The van der Waals surface area contributed by atoms with E-state index in [-0.39, 0.29) is 5.91 Å². The number of thioether (sulfide) groups is 1. The number of hydrogen-bond donors (Lipinski definition) is 1. The number of piperazine rings is 1. The number of amides is 1. The van der Waals surface area contributed by atoms with Gasteiger partial charge in [0, 0.05) is 26.2 Å². The van der Waals surface area contributed by atoms with E-state index in [1.54, 1.807) is 0 Å². The highest BCUT2D eigenvalue weighted by atomic mass is 32.2. The number of aromatic nitrogens is 6. The molecule has 158 valence electrons. The maximum atomic E-state index is 12.7. The minimum absolute atomic E-state index is 0.139. The fourth-order valence-corrected chi connectivity index (χ4v) is 4.34. The van der Waals surface area contributed by atoms with Gasteiger partial charge in [0.25, 0.3) is 0 Å². The summed E-state index contributed by atoms with van der Waals surface area (Å²) in [6.45, 7) is 8.35. The first kappa shape index (κ1) is 20.5. The summed E-state index contributed by atoms with van der Waals surface area (Å²) < 4.78 is 2.06. The molecule has 0 aliphatic carbocycles. The summed E-state index contributed by atoms with van der Waals surface area (Å²) in [5.41, 5.74) is 1.19. The Morgan fingerprint density at radius 2 is 1.83 bits per heavy atom. The number of nitrogens with one attached hydrogen (secondary N) is 1. The van der Waals surface area contributed by atoms with Crippen LogP contribution in [-0.4, -0.2) is 77.6 Å².